The molecule has 1 atom stereocenters. The molecule has 1 unspecified atom stereocenters. The predicted molar refractivity (Wildman–Crippen MR) is 108 cm³/mol. The summed E-state index contributed by atoms with van der Waals surface area (Å²) in [6.45, 7) is 0. The fourth-order valence-corrected chi connectivity index (χ4v) is 4.83. The largest absolute Gasteiger partial charge is 0.332 e. The first-order valence-corrected chi connectivity index (χ1v) is 9.32. The number of azide groups is 1. The van der Waals surface area contributed by atoms with Crippen molar-refractivity contribution >= 4 is 28.1 Å². The van der Waals surface area contributed by atoms with E-state index in [1.165, 1.54) is 11.8 Å². The van der Waals surface area contributed by atoms with E-state index in [-0.39, 0.29) is 0 Å². The maximum atomic E-state index is 12.9. The third-order valence-electron chi connectivity index (χ3n) is 4.61. The summed E-state index contributed by atoms with van der Waals surface area (Å²) >= 11 is 1.45. The maximum Gasteiger partial charge on any atom is 0.255 e. The summed E-state index contributed by atoms with van der Waals surface area (Å²) in [6, 6.07) is 23.8. The van der Waals surface area contributed by atoms with Crippen LogP contribution in [-0.4, -0.2) is 10.5 Å². The summed E-state index contributed by atoms with van der Waals surface area (Å²) in [4.78, 5) is 15.7. The molecule has 1 amide bonds. The Bertz CT molecular complexity index is 985. The number of allylic oxidation sites excluding steroid dienone is 1. The molecule has 0 N–H and O–H groups in total. The Labute approximate surface area is 161 Å². The van der Waals surface area contributed by atoms with E-state index in [2.05, 4.69) is 10.0 Å². The monoisotopic (exact) mass is 372 g/mol. The van der Waals surface area contributed by atoms with Crippen LogP contribution in [0.3, 0.4) is 0 Å². The number of hydrogen-bond donors (Lipinski definition) is 0. The maximum absolute atomic E-state index is 12.9. The molecule has 27 heavy (non-hydrogen) atoms. The summed E-state index contributed by atoms with van der Waals surface area (Å²) in [7, 11) is 0. The topological polar surface area (TPSA) is 70.8 Å². The highest BCUT2D eigenvalue weighted by atomic mass is 32.2. The van der Waals surface area contributed by atoms with Crippen LogP contribution >= 0.6 is 11.8 Å². The van der Waals surface area contributed by atoms with Gasteiger partial charge in [0.15, 0.2) is 4.87 Å². The Morgan fingerprint density at radius 1 is 0.963 bits per heavy atom. The molecule has 1 aliphatic heterocycles. The van der Waals surface area contributed by atoms with Crippen molar-refractivity contribution in [2.24, 2.45) is 5.11 Å². The zero-order chi connectivity index (χ0) is 18.7. The van der Waals surface area contributed by atoms with Crippen LogP contribution in [0.25, 0.3) is 20.9 Å². The third kappa shape index (κ3) is 3.05. The standard InChI is InChI=1S/C21H16N4OS/c22-24-23-20(26)21(25-13-7-8-14-25)15-18(16-9-3-1-4-10-16)19(27-21)17-11-5-2-6-12-17/h1-14H,15H2. The van der Waals surface area contributed by atoms with Gasteiger partial charge in [0.1, 0.15) is 0 Å². The molecule has 1 aliphatic rings. The zero-order valence-corrected chi connectivity index (χ0v) is 15.2. The summed E-state index contributed by atoms with van der Waals surface area (Å²) in [5.41, 5.74) is 12.1. The smallest absolute Gasteiger partial charge is 0.255 e. The quantitative estimate of drug-likeness (QED) is 0.336. The lowest BCUT2D eigenvalue weighted by atomic mass is 9.95. The van der Waals surface area contributed by atoms with Gasteiger partial charge in [0, 0.05) is 28.6 Å². The molecule has 2 aromatic carbocycles. The van der Waals surface area contributed by atoms with Crippen LogP contribution in [0.5, 0.6) is 0 Å². The fourth-order valence-electron chi connectivity index (χ4n) is 3.35. The minimum atomic E-state index is -1.02. The number of benzene rings is 2. The number of rotatable bonds is 4. The lowest BCUT2D eigenvalue weighted by molar-refractivity contribution is -0.122. The van der Waals surface area contributed by atoms with E-state index >= 15 is 0 Å². The number of thioether (sulfide) groups is 1. The molecule has 2 heterocycles. The van der Waals surface area contributed by atoms with Crippen molar-refractivity contribution in [2.45, 2.75) is 11.3 Å². The number of hydrogen-bond acceptors (Lipinski definition) is 2. The summed E-state index contributed by atoms with van der Waals surface area (Å²) in [5.74, 6) is -0.495. The van der Waals surface area contributed by atoms with Crippen molar-refractivity contribution in [3.8, 4) is 0 Å². The first kappa shape index (κ1) is 17.2. The lowest BCUT2D eigenvalue weighted by Crippen LogP contribution is -2.35. The highest BCUT2D eigenvalue weighted by Gasteiger charge is 2.47. The van der Waals surface area contributed by atoms with Gasteiger partial charge >= 0.3 is 0 Å². The van der Waals surface area contributed by atoms with Gasteiger partial charge < -0.3 is 4.57 Å². The van der Waals surface area contributed by atoms with Gasteiger partial charge in [-0.15, -0.1) is 0 Å². The van der Waals surface area contributed by atoms with Crippen molar-refractivity contribution < 1.29 is 4.79 Å². The van der Waals surface area contributed by atoms with Crippen LogP contribution in [0.15, 0.2) is 90.3 Å². The number of carbonyl (C=O) groups excluding carboxylic acids is 1. The van der Waals surface area contributed by atoms with Crippen LogP contribution < -0.4 is 0 Å². The van der Waals surface area contributed by atoms with Crippen LogP contribution in [0.1, 0.15) is 17.5 Å². The predicted octanol–water partition coefficient (Wildman–Crippen LogP) is 5.68. The average molecular weight is 372 g/mol. The molecule has 0 bridgehead atoms. The Kier molecular flexibility index (Phi) is 4.59. The second-order valence-electron chi connectivity index (χ2n) is 6.19. The van der Waals surface area contributed by atoms with Crippen molar-refractivity contribution in [3.63, 3.8) is 0 Å². The van der Waals surface area contributed by atoms with E-state index in [1.807, 2.05) is 89.8 Å². The molecule has 6 heteroatoms. The highest BCUT2D eigenvalue weighted by Crippen LogP contribution is 2.57. The van der Waals surface area contributed by atoms with Gasteiger partial charge in [-0.2, -0.15) is 0 Å². The molecular formula is C21H16N4OS. The van der Waals surface area contributed by atoms with Crippen molar-refractivity contribution in [2.75, 3.05) is 0 Å². The Morgan fingerprint density at radius 2 is 1.56 bits per heavy atom. The van der Waals surface area contributed by atoms with Gasteiger partial charge in [0.2, 0.25) is 0 Å². The third-order valence-corrected chi connectivity index (χ3v) is 6.16. The molecule has 0 saturated carbocycles. The van der Waals surface area contributed by atoms with Gasteiger partial charge in [-0.05, 0) is 39.5 Å². The zero-order valence-electron chi connectivity index (χ0n) is 14.4. The van der Waals surface area contributed by atoms with E-state index in [0.29, 0.717) is 6.42 Å². The van der Waals surface area contributed by atoms with Crippen molar-refractivity contribution in [1.29, 1.82) is 0 Å². The minimum absolute atomic E-state index is 0.443. The molecule has 0 radical (unpaired) electrons. The average Bonchev–Trinajstić information content (AvgIpc) is 3.38. The van der Waals surface area contributed by atoms with Crippen LogP contribution in [0.2, 0.25) is 0 Å². The molecule has 132 valence electrons. The fraction of sp³-hybridized carbons (Fsp3) is 0.0952. The molecule has 4 rings (SSSR count). The molecule has 0 spiro atoms. The van der Waals surface area contributed by atoms with Gasteiger partial charge in [0.25, 0.3) is 5.91 Å². The molecular weight excluding hydrogens is 356 g/mol. The number of carbonyl (C=O) groups is 1. The summed E-state index contributed by atoms with van der Waals surface area (Å²) in [5, 5.41) is 3.46. The molecule has 5 nitrogen and oxygen atoms in total. The van der Waals surface area contributed by atoms with Gasteiger partial charge in [0.05, 0.1) is 0 Å². The lowest BCUT2D eigenvalue weighted by Gasteiger charge is -2.27. The van der Waals surface area contributed by atoms with Gasteiger partial charge in [-0.3, -0.25) is 4.79 Å². The van der Waals surface area contributed by atoms with Crippen molar-refractivity contribution in [1.82, 2.24) is 4.57 Å². The Morgan fingerprint density at radius 3 is 2.15 bits per heavy atom. The minimum Gasteiger partial charge on any atom is -0.332 e. The summed E-state index contributed by atoms with van der Waals surface area (Å²) in [6.07, 6.45) is 4.13. The van der Waals surface area contributed by atoms with E-state index < -0.39 is 10.8 Å². The molecule has 0 fully saturated rings. The SMILES string of the molecule is [N-]=[N+]=NC(=O)C1(n2cccc2)CC(c2ccccc2)=C(c2ccccc2)S1. The van der Waals surface area contributed by atoms with Crippen LogP contribution in [0.4, 0.5) is 0 Å². The van der Waals surface area contributed by atoms with Gasteiger partial charge in [-0.1, -0.05) is 72.4 Å². The molecule has 0 aliphatic carbocycles. The first-order chi connectivity index (χ1) is 13.2. The summed E-state index contributed by atoms with van der Waals surface area (Å²) < 4.78 is 1.84. The Balaban J connectivity index is 1.90. The van der Waals surface area contributed by atoms with Gasteiger partial charge in [-0.25, -0.2) is 0 Å². The Hall–Kier alpha value is -3.21. The van der Waals surface area contributed by atoms with Crippen LogP contribution in [-0.2, 0) is 9.67 Å². The molecule has 0 saturated heterocycles. The normalized spacial score (nSPS) is 19.0. The van der Waals surface area contributed by atoms with E-state index in [9.17, 15) is 4.79 Å². The second-order valence-corrected chi connectivity index (χ2v) is 7.48. The second kappa shape index (κ2) is 7.19. The molecule has 1 aromatic heterocycles. The highest BCUT2D eigenvalue weighted by molar-refractivity contribution is 8.10. The van der Waals surface area contributed by atoms with E-state index in [4.69, 9.17) is 5.53 Å². The first-order valence-electron chi connectivity index (χ1n) is 8.50. The van der Waals surface area contributed by atoms with Crippen LogP contribution in [0, 0.1) is 0 Å². The molecule has 3 aromatic rings. The number of amides is 1. The number of aromatic nitrogens is 1. The van der Waals surface area contributed by atoms with E-state index in [0.717, 1.165) is 21.6 Å². The van der Waals surface area contributed by atoms with E-state index in [1.54, 1.807) is 0 Å². The number of nitrogens with zero attached hydrogens (tertiary/aromatic N) is 4. The van der Waals surface area contributed by atoms with Crippen molar-refractivity contribution in [3.05, 3.63) is 107 Å².